The number of hydrogen-bond donors (Lipinski definition) is 4. The van der Waals surface area contributed by atoms with E-state index in [9.17, 15) is 13.2 Å². The zero-order valence-electron chi connectivity index (χ0n) is 19.7. The maximum atomic E-state index is 12.9. The van der Waals surface area contributed by atoms with Crippen LogP contribution in [-0.4, -0.2) is 64.2 Å². The number of amides is 1. The van der Waals surface area contributed by atoms with Gasteiger partial charge in [0.25, 0.3) is 5.91 Å². The van der Waals surface area contributed by atoms with Gasteiger partial charge < -0.3 is 25.7 Å². The number of aromatic nitrogens is 6. The van der Waals surface area contributed by atoms with Gasteiger partial charge in [0, 0.05) is 31.1 Å². The van der Waals surface area contributed by atoms with Gasteiger partial charge in [-0.2, -0.15) is 0 Å². The van der Waals surface area contributed by atoms with Crippen molar-refractivity contribution in [2.24, 2.45) is 0 Å². The van der Waals surface area contributed by atoms with Crippen LogP contribution in [0.25, 0.3) is 11.4 Å². The Morgan fingerprint density at radius 3 is 2.86 bits per heavy atom. The molecule has 192 valence electrons. The van der Waals surface area contributed by atoms with Gasteiger partial charge >= 0.3 is 0 Å². The topological polar surface area (TPSA) is 169 Å². The van der Waals surface area contributed by atoms with E-state index in [-0.39, 0.29) is 17.7 Å². The van der Waals surface area contributed by atoms with Crippen LogP contribution >= 0.6 is 11.6 Å². The number of nitrogens with one attached hydrogen (secondary N) is 4. The third kappa shape index (κ3) is 5.06. The number of methoxy groups -OCH3 is 1. The molecule has 5 rings (SSSR count). The van der Waals surface area contributed by atoms with E-state index in [4.69, 9.17) is 16.3 Å². The summed E-state index contributed by atoms with van der Waals surface area (Å²) in [7, 11) is -1.84. The molecule has 3 aromatic heterocycles. The molecule has 37 heavy (non-hydrogen) atoms. The fourth-order valence-electron chi connectivity index (χ4n) is 3.99. The predicted molar refractivity (Wildman–Crippen MR) is 137 cm³/mol. The molecule has 0 saturated heterocycles. The molecular formula is C22H22ClN9O4S. The van der Waals surface area contributed by atoms with Gasteiger partial charge in [-0.25, -0.2) is 23.1 Å². The summed E-state index contributed by atoms with van der Waals surface area (Å²) < 4.78 is 30.1. The third-order valence-corrected chi connectivity index (χ3v) is 6.53. The van der Waals surface area contributed by atoms with E-state index in [1.165, 1.54) is 18.0 Å². The first kappa shape index (κ1) is 24.5. The van der Waals surface area contributed by atoms with Gasteiger partial charge in [-0.15, -0.1) is 5.10 Å². The normalized spacial score (nSPS) is 13.1. The fraction of sp³-hybridized carbons (Fsp3) is 0.227. The third-order valence-electron chi connectivity index (χ3n) is 5.52. The molecule has 4 heterocycles. The summed E-state index contributed by atoms with van der Waals surface area (Å²) in [6.07, 6.45) is 4.62. The number of nitrogens with zero attached hydrogens (tertiary/aromatic N) is 5. The molecule has 0 radical (unpaired) electrons. The SMILES string of the molecule is COc1c(Cl)cccc1Nc1c(-c2ccnc(Nc3cnnn3CS(C)(=O)=O)n2)[nH]c2c1C(=O)NCC2. The van der Waals surface area contributed by atoms with Crippen molar-refractivity contribution in [2.75, 3.05) is 30.5 Å². The number of hydrogen-bond acceptors (Lipinski definition) is 10. The van der Waals surface area contributed by atoms with Gasteiger partial charge in [-0.05, 0) is 18.2 Å². The molecular weight excluding hydrogens is 522 g/mol. The fourth-order valence-corrected chi connectivity index (χ4v) is 4.88. The molecule has 1 aliphatic rings. The quantitative estimate of drug-likeness (QED) is 0.259. The van der Waals surface area contributed by atoms with Crippen LogP contribution in [0, 0.1) is 0 Å². The van der Waals surface area contributed by atoms with Crippen LogP contribution < -0.4 is 20.7 Å². The highest BCUT2D eigenvalue weighted by Gasteiger charge is 2.28. The highest BCUT2D eigenvalue weighted by atomic mass is 35.5. The van der Waals surface area contributed by atoms with Crippen molar-refractivity contribution in [3.05, 3.63) is 52.9 Å². The molecule has 1 aromatic carbocycles. The number of carbonyl (C=O) groups excluding carboxylic acids is 1. The number of halogens is 1. The Morgan fingerprint density at radius 2 is 2.08 bits per heavy atom. The molecule has 0 spiro atoms. The number of sulfone groups is 1. The maximum Gasteiger partial charge on any atom is 0.255 e. The minimum absolute atomic E-state index is 0.179. The van der Waals surface area contributed by atoms with E-state index in [2.05, 4.69) is 41.2 Å². The van der Waals surface area contributed by atoms with Crippen LogP contribution in [0.5, 0.6) is 5.75 Å². The highest BCUT2D eigenvalue weighted by Crippen LogP contribution is 2.40. The van der Waals surface area contributed by atoms with Crippen LogP contribution in [0.4, 0.5) is 23.1 Å². The second kappa shape index (κ2) is 9.71. The lowest BCUT2D eigenvalue weighted by molar-refractivity contribution is 0.0947. The molecule has 0 bridgehead atoms. The number of anilines is 4. The molecule has 1 aliphatic heterocycles. The zero-order chi connectivity index (χ0) is 26.2. The summed E-state index contributed by atoms with van der Waals surface area (Å²) in [6, 6.07) is 6.95. The first-order chi connectivity index (χ1) is 17.7. The van der Waals surface area contributed by atoms with Crippen molar-refractivity contribution in [1.82, 2.24) is 35.3 Å². The van der Waals surface area contributed by atoms with Crippen LogP contribution in [0.15, 0.2) is 36.7 Å². The van der Waals surface area contributed by atoms with E-state index in [1.807, 2.05) is 0 Å². The van der Waals surface area contributed by atoms with Gasteiger partial charge in [-0.1, -0.05) is 22.9 Å². The average Bonchev–Trinajstić information content (AvgIpc) is 3.43. The Kier molecular flexibility index (Phi) is 6.43. The Labute approximate surface area is 216 Å². The van der Waals surface area contributed by atoms with Gasteiger partial charge in [0.1, 0.15) is 5.88 Å². The molecule has 0 unspecified atom stereocenters. The summed E-state index contributed by atoms with van der Waals surface area (Å²) in [5.41, 5.74) is 3.32. The van der Waals surface area contributed by atoms with Crippen LogP contribution in [0.3, 0.4) is 0 Å². The highest BCUT2D eigenvalue weighted by molar-refractivity contribution is 7.89. The smallest absolute Gasteiger partial charge is 0.255 e. The number of rotatable bonds is 8. The van der Waals surface area contributed by atoms with E-state index in [1.54, 1.807) is 30.5 Å². The van der Waals surface area contributed by atoms with E-state index < -0.39 is 9.84 Å². The number of ether oxygens (including phenoxy) is 1. The van der Waals surface area contributed by atoms with Crippen LogP contribution in [-0.2, 0) is 22.1 Å². The largest absolute Gasteiger partial charge is 0.493 e. The maximum absolute atomic E-state index is 12.9. The second-order valence-corrected chi connectivity index (χ2v) is 10.8. The molecule has 4 aromatic rings. The molecule has 1 amide bonds. The number of aromatic amines is 1. The second-order valence-electron chi connectivity index (χ2n) is 8.24. The van der Waals surface area contributed by atoms with Gasteiger partial charge in [-0.3, -0.25) is 4.79 Å². The molecule has 4 N–H and O–H groups in total. The Morgan fingerprint density at radius 1 is 1.24 bits per heavy atom. The monoisotopic (exact) mass is 543 g/mol. The molecule has 0 atom stereocenters. The minimum atomic E-state index is -3.36. The van der Waals surface area contributed by atoms with Crippen molar-refractivity contribution in [1.29, 1.82) is 0 Å². The van der Waals surface area contributed by atoms with Crippen molar-refractivity contribution in [2.45, 2.75) is 12.3 Å². The summed E-state index contributed by atoms with van der Waals surface area (Å²) in [6.45, 7) is 0.500. The first-order valence-electron chi connectivity index (χ1n) is 11.0. The number of carbonyl (C=O) groups is 1. The number of fused-ring (bicyclic) bond motifs is 1. The summed E-state index contributed by atoms with van der Waals surface area (Å²) in [5.74, 6) is 0.323. The molecule has 0 aliphatic carbocycles. The predicted octanol–water partition coefficient (Wildman–Crippen LogP) is 2.50. The zero-order valence-corrected chi connectivity index (χ0v) is 21.3. The number of para-hydroxylation sites is 1. The summed E-state index contributed by atoms with van der Waals surface area (Å²) in [5, 5.41) is 17.1. The van der Waals surface area contributed by atoms with Crippen molar-refractivity contribution in [3.63, 3.8) is 0 Å². The van der Waals surface area contributed by atoms with E-state index in [0.29, 0.717) is 57.9 Å². The van der Waals surface area contributed by atoms with Gasteiger partial charge in [0.05, 0.1) is 46.7 Å². The summed E-state index contributed by atoms with van der Waals surface area (Å²) >= 11 is 6.31. The van der Waals surface area contributed by atoms with Crippen molar-refractivity contribution >= 4 is 50.5 Å². The molecule has 0 saturated carbocycles. The van der Waals surface area contributed by atoms with Crippen molar-refractivity contribution < 1.29 is 17.9 Å². The van der Waals surface area contributed by atoms with Crippen molar-refractivity contribution in [3.8, 4) is 17.1 Å². The molecule has 13 nitrogen and oxygen atoms in total. The van der Waals surface area contributed by atoms with Gasteiger partial charge in [0.15, 0.2) is 21.4 Å². The molecule has 15 heteroatoms. The Balaban J connectivity index is 1.55. The average molecular weight is 544 g/mol. The number of H-pyrrole nitrogens is 1. The lowest BCUT2D eigenvalue weighted by atomic mass is 10.1. The van der Waals surface area contributed by atoms with Crippen LogP contribution in [0.2, 0.25) is 5.02 Å². The Bertz CT molecular complexity index is 1600. The Hall–Kier alpha value is -4.17. The van der Waals surface area contributed by atoms with E-state index in [0.717, 1.165) is 11.9 Å². The lowest BCUT2D eigenvalue weighted by Crippen LogP contribution is -2.31. The van der Waals surface area contributed by atoms with Crippen LogP contribution in [0.1, 0.15) is 16.1 Å². The van der Waals surface area contributed by atoms with E-state index >= 15 is 0 Å². The number of benzene rings is 1. The standard InChI is InChI=1S/C22H22ClN9O4S/c1-36-20-12(23)4-3-5-15(20)28-19-17-13(6-8-24-21(17)33)27-18(19)14-7-9-25-22(29-14)30-16-10-26-31-32(16)11-37(2,34)35/h3-5,7,9-10,27-28H,6,8,11H2,1-2H3,(H,24,33)(H,25,29,30). The molecule has 0 fully saturated rings. The summed E-state index contributed by atoms with van der Waals surface area (Å²) in [4.78, 5) is 25.0. The van der Waals surface area contributed by atoms with Gasteiger partial charge in [0.2, 0.25) is 5.95 Å². The lowest BCUT2D eigenvalue weighted by Gasteiger charge is -2.17. The minimum Gasteiger partial charge on any atom is -0.493 e. The first-order valence-corrected chi connectivity index (χ1v) is 13.5.